The summed E-state index contributed by atoms with van der Waals surface area (Å²) < 4.78 is 5.10. The van der Waals surface area contributed by atoms with Gasteiger partial charge in [0, 0.05) is 25.7 Å². The Morgan fingerprint density at radius 2 is 1.91 bits per heavy atom. The second-order valence-electron chi connectivity index (χ2n) is 7.94. The number of nitro benzene ring substituents is 1. The van der Waals surface area contributed by atoms with E-state index in [2.05, 4.69) is 23.1 Å². The van der Waals surface area contributed by atoms with Crippen LogP contribution in [0.1, 0.15) is 42.1 Å². The maximum absolute atomic E-state index is 12.6. The summed E-state index contributed by atoms with van der Waals surface area (Å²) in [6.07, 6.45) is 3.85. The molecule has 1 heterocycles. The van der Waals surface area contributed by atoms with E-state index in [9.17, 15) is 24.8 Å². The molecule has 0 atom stereocenters. The molecule has 9 nitrogen and oxygen atoms in total. The zero-order chi connectivity index (χ0) is 24.5. The van der Waals surface area contributed by atoms with E-state index in [1.807, 2.05) is 18.2 Å². The smallest absolute Gasteiger partial charge is 0.414 e. The number of ether oxygens (including phenoxy) is 1. The van der Waals surface area contributed by atoms with Gasteiger partial charge in [0.05, 0.1) is 17.2 Å². The van der Waals surface area contributed by atoms with Crippen LogP contribution in [0, 0.1) is 10.1 Å². The predicted octanol–water partition coefficient (Wildman–Crippen LogP) is 4.83. The number of amides is 1. The summed E-state index contributed by atoms with van der Waals surface area (Å²) in [5.41, 5.74) is 1.48. The third-order valence-electron chi connectivity index (χ3n) is 5.75. The average Bonchev–Trinajstić information content (AvgIpc) is 2.84. The third-order valence-corrected chi connectivity index (χ3v) is 5.75. The second-order valence-corrected chi connectivity index (χ2v) is 7.94. The highest BCUT2D eigenvalue weighted by atomic mass is 16.6. The Kier molecular flexibility index (Phi) is 8.75. The summed E-state index contributed by atoms with van der Waals surface area (Å²) >= 11 is 0. The van der Waals surface area contributed by atoms with Crippen LogP contribution in [0.25, 0.3) is 5.57 Å². The van der Waals surface area contributed by atoms with E-state index in [0.29, 0.717) is 6.42 Å². The maximum Gasteiger partial charge on any atom is 0.414 e. The zero-order valence-corrected chi connectivity index (χ0v) is 19.2. The van der Waals surface area contributed by atoms with E-state index in [4.69, 9.17) is 4.74 Å². The van der Waals surface area contributed by atoms with Crippen molar-refractivity contribution < 1.29 is 24.4 Å². The molecule has 1 aliphatic rings. The van der Waals surface area contributed by atoms with E-state index in [1.54, 1.807) is 6.92 Å². The molecule has 0 radical (unpaired) electrons. The van der Waals surface area contributed by atoms with Gasteiger partial charge in [0.25, 0.3) is 5.69 Å². The molecule has 0 saturated carbocycles. The molecule has 180 valence electrons. The number of anilines is 1. The number of aromatic carboxylic acids is 1. The van der Waals surface area contributed by atoms with Crippen molar-refractivity contribution in [1.29, 1.82) is 0 Å². The van der Waals surface area contributed by atoms with Crippen LogP contribution < -0.4 is 4.90 Å². The van der Waals surface area contributed by atoms with E-state index in [0.717, 1.165) is 38.5 Å². The van der Waals surface area contributed by atoms with Crippen LogP contribution in [0.3, 0.4) is 0 Å². The van der Waals surface area contributed by atoms with Gasteiger partial charge in [-0.2, -0.15) is 0 Å². The first-order chi connectivity index (χ1) is 16.4. The summed E-state index contributed by atoms with van der Waals surface area (Å²) in [6.45, 7) is 4.57. The number of benzene rings is 2. The van der Waals surface area contributed by atoms with Gasteiger partial charge in [-0.25, -0.2) is 9.59 Å². The lowest BCUT2D eigenvalue weighted by molar-refractivity contribution is -0.385. The molecule has 0 unspecified atom stereocenters. The lowest BCUT2D eigenvalue weighted by Crippen LogP contribution is -2.35. The number of hydrogen-bond donors (Lipinski definition) is 1. The molecule has 2 aromatic carbocycles. The van der Waals surface area contributed by atoms with Crippen molar-refractivity contribution in [2.75, 3.05) is 37.7 Å². The molecule has 0 spiro atoms. The van der Waals surface area contributed by atoms with Gasteiger partial charge >= 0.3 is 12.1 Å². The normalized spacial score (nSPS) is 13.7. The van der Waals surface area contributed by atoms with Crippen LogP contribution in [0.15, 0.2) is 54.6 Å². The molecule has 0 bridgehead atoms. The summed E-state index contributed by atoms with van der Waals surface area (Å²) in [4.78, 5) is 38.5. The topological polar surface area (TPSA) is 113 Å². The molecule has 0 fully saturated rings. The van der Waals surface area contributed by atoms with Crippen molar-refractivity contribution in [2.45, 2.75) is 26.2 Å². The third kappa shape index (κ3) is 6.20. The SMILES string of the molecule is CCOC(=O)N(CCCCN1CC=C(c2ccccc2)CC1)c1cccc([N+](=O)[O-])c1C(=O)O. The fraction of sp³-hybridized carbons (Fsp3) is 0.360. The van der Waals surface area contributed by atoms with Gasteiger partial charge in [0.15, 0.2) is 5.56 Å². The lowest BCUT2D eigenvalue weighted by Gasteiger charge is -2.27. The van der Waals surface area contributed by atoms with Crippen molar-refractivity contribution in [3.63, 3.8) is 0 Å². The van der Waals surface area contributed by atoms with Gasteiger partial charge in [-0.1, -0.05) is 42.5 Å². The predicted molar refractivity (Wildman–Crippen MR) is 129 cm³/mol. The fourth-order valence-electron chi connectivity index (χ4n) is 4.07. The van der Waals surface area contributed by atoms with Gasteiger partial charge in [-0.15, -0.1) is 0 Å². The number of carbonyl (C=O) groups is 2. The standard InChI is InChI=1S/C25H29N3O6/c1-2-34-25(31)27(21-11-8-12-22(28(32)33)23(21)24(29)30)16-7-6-15-26-17-13-20(14-18-26)19-9-4-3-5-10-19/h3-5,8-13H,2,6-7,14-18H2,1H3,(H,29,30). The number of carboxylic acids is 1. The average molecular weight is 468 g/mol. The Balaban J connectivity index is 1.64. The van der Waals surface area contributed by atoms with Gasteiger partial charge < -0.3 is 9.84 Å². The largest absolute Gasteiger partial charge is 0.477 e. The molecular formula is C25H29N3O6. The van der Waals surface area contributed by atoms with Crippen molar-refractivity contribution in [3.05, 3.63) is 75.8 Å². The van der Waals surface area contributed by atoms with E-state index in [-0.39, 0.29) is 18.8 Å². The van der Waals surface area contributed by atoms with E-state index in [1.165, 1.54) is 28.2 Å². The zero-order valence-electron chi connectivity index (χ0n) is 19.2. The van der Waals surface area contributed by atoms with Crippen molar-refractivity contribution in [2.24, 2.45) is 0 Å². The number of hydrogen-bond acceptors (Lipinski definition) is 6. The minimum atomic E-state index is -1.47. The Morgan fingerprint density at radius 1 is 1.15 bits per heavy atom. The quantitative estimate of drug-likeness (QED) is 0.303. The molecule has 0 aliphatic carbocycles. The van der Waals surface area contributed by atoms with E-state index < -0.39 is 28.2 Å². The highest BCUT2D eigenvalue weighted by molar-refractivity contribution is 6.03. The van der Waals surface area contributed by atoms with Gasteiger partial charge in [0.2, 0.25) is 0 Å². The molecule has 0 aromatic heterocycles. The Morgan fingerprint density at radius 3 is 2.53 bits per heavy atom. The Hall–Kier alpha value is -3.72. The first-order valence-electron chi connectivity index (χ1n) is 11.3. The van der Waals surface area contributed by atoms with Crippen molar-refractivity contribution in [3.8, 4) is 0 Å². The molecular weight excluding hydrogens is 438 g/mol. The van der Waals surface area contributed by atoms with Crippen LogP contribution in [-0.2, 0) is 4.74 Å². The highest BCUT2D eigenvalue weighted by Gasteiger charge is 2.29. The van der Waals surface area contributed by atoms with Crippen LogP contribution >= 0.6 is 0 Å². The maximum atomic E-state index is 12.6. The van der Waals surface area contributed by atoms with E-state index >= 15 is 0 Å². The molecule has 9 heteroatoms. The first-order valence-corrected chi connectivity index (χ1v) is 11.3. The summed E-state index contributed by atoms with van der Waals surface area (Å²) in [7, 11) is 0. The molecule has 34 heavy (non-hydrogen) atoms. The molecule has 2 aromatic rings. The Labute approximate surface area is 198 Å². The van der Waals surface area contributed by atoms with Crippen LogP contribution in [-0.4, -0.2) is 59.8 Å². The Bertz CT molecular complexity index is 1050. The monoisotopic (exact) mass is 467 g/mol. The minimum Gasteiger partial charge on any atom is -0.477 e. The fourth-order valence-corrected chi connectivity index (χ4v) is 4.07. The number of carbonyl (C=O) groups excluding carboxylic acids is 1. The molecule has 1 aliphatic heterocycles. The highest BCUT2D eigenvalue weighted by Crippen LogP contribution is 2.30. The van der Waals surface area contributed by atoms with Crippen LogP contribution in [0.5, 0.6) is 0 Å². The van der Waals surface area contributed by atoms with Crippen molar-refractivity contribution >= 4 is 29.0 Å². The molecule has 3 rings (SSSR count). The van der Waals surface area contributed by atoms with Crippen LogP contribution in [0.2, 0.25) is 0 Å². The second kappa shape index (κ2) is 11.9. The molecule has 1 amide bonds. The summed E-state index contributed by atoms with van der Waals surface area (Å²) in [5, 5.41) is 20.9. The summed E-state index contributed by atoms with van der Waals surface area (Å²) in [5.74, 6) is -1.47. The number of nitrogens with zero attached hydrogens (tertiary/aromatic N) is 3. The first kappa shape index (κ1) is 24.9. The van der Waals surface area contributed by atoms with Crippen molar-refractivity contribution in [1.82, 2.24) is 4.90 Å². The van der Waals surface area contributed by atoms with Gasteiger partial charge in [0.1, 0.15) is 0 Å². The molecule has 0 saturated heterocycles. The van der Waals surface area contributed by atoms with Gasteiger partial charge in [-0.3, -0.25) is 19.9 Å². The van der Waals surface area contributed by atoms with Crippen LogP contribution in [0.4, 0.5) is 16.2 Å². The molecule has 1 N–H and O–H groups in total. The number of rotatable bonds is 10. The number of unbranched alkanes of at least 4 members (excludes halogenated alkanes) is 1. The van der Waals surface area contributed by atoms with Gasteiger partial charge in [-0.05, 0) is 49.9 Å². The minimum absolute atomic E-state index is 0.0337. The summed E-state index contributed by atoms with van der Waals surface area (Å²) in [6, 6.07) is 14.2. The number of carboxylic acid groups (broad SMARTS) is 1. The number of nitro groups is 1. The lowest BCUT2D eigenvalue weighted by atomic mass is 9.99.